The van der Waals surface area contributed by atoms with Gasteiger partial charge < -0.3 is 5.73 Å². The Morgan fingerprint density at radius 2 is 2.10 bits per heavy atom. The summed E-state index contributed by atoms with van der Waals surface area (Å²) < 4.78 is 27.9. The van der Waals surface area contributed by atoms with Crippen LogP contribution in [0, 0.1) is 11.8 Å². The fraction of sp³-hybridized carbons (Fsp3) is 0.615. The van der Waals surface area contributed by atoms with Gasteiger partial charge in [0, 0.05) is 6.04 Å². The van der Waals surface area contributed by atoms with Crippen molar-refractivity contribution < 1.29 is 8.42 Å². The van der Waals surface area contributed by atoms with Crippen LogP contribution in [0.1, 0.15) is 38.0 Å². The van der Waals surface area contributed by atoms with Crippen molar-refractivity contribution in [1.29, 1.82) is 0 Å². The molecule has 0 spiro atoms. The summed E-state index contributed by atoms with van der Waals surface area (Å²) in [5, 5.41) is 0. The second kappa shape index (κ2) is 6.09. The van der Waals surface area contributed by atoms with Gasteiger partial charge in [-0.1, -0.05) is 26.1 Å². The minimum atomic E-state index is -3.47. The predicted octanol–water partition coefficient (Wildman–Crippen LogP) is 2.49. The van der Waals surface area contributed by atoms with E-state index in [-0.39, 0.29) is 15.2 Å². The van der Waals surface area contributed by atoms with Crippen LogP contribution < -0.4 is 10.5 Å². The first-order chi connectivity index (χ1) is 9.29. The maximum atomic E-state index is 12.4. The van der Waals surface area contributed by atoms with Crippen LogP contribution in [0.4, 0.5) is 0 Å². The first-order valence-electron chi connectivity index (χ1n) is 6.71. The first-order valence-corrected chi connectivity index (χ1v) is 9.42. The molecule has 4 nitrogen and oxygen atoms in total. The summed E-state index contributed by atoms with van der Waals surface area (Å²) in [5.74, 6) is 1.04. The van der Waals surface area contributed by atoms with Crippen molar-refractivity contribution in [2.45, 2.75) is 43.4 Å². The van der Waals surface area contributed by atoms with Gasteiger partial charge in [-0.25, -0.2) is 13.1 Å². The molecule has 0 bridgehead atoms. The molecule has 1 aliphatic carbocycles. The zero-order chi connectivity index (χ0) is 14.9. The molecular formula is C13H20N2O2S3. The smallest absolute Gasteiger partial charge is 0.250 e. The van der Waals surface area contributed by atoms with Crippen LogP contribution >= 0.6 is 23.6 Å². The largest absolute Gasteiger partial charge is 0.389 e. The summed E-state index contributed by atoms with van der Waals surface area (Å²) in [5.41, 5.74) is 5.52. The summed E-state index contributed by atoms with van der Waals surface area (Å²) in [6, 6.07) is 3.25. The molecular weight excluding hydrogens is 312 g/mol. The zero-order valence-corrected chi connectivity index (χ0v) is 14.1. The Morgan fingerprint density at radius 3 is 2.65 bits per heavy atom. The zero-order valence-electron chi connectivity index (χ0n) is 11.6. The van der Waals surface area contributed by atoms with Gasteiger partial charge in [-0.2, -0.15) is 0 Å². The molecule has 20 heavy (non-hydrogen) atoms. The quantitative estimate of drug-likeness (QED) is 0.831. The number of nitrogens with two attached hydrogens (primary N) is 1. The number of nitrogens with one attached hydrogen (secondary N) is 1. The Morgan fingerprint density at radius 1 is 1.40 bits per heavy atom. The van der Waals surface area contributed by atoms with Gasteiger partial charge in [0.1, 0.15) is 9.20 Å². The molecule has 2 rings (SSSR count). The van der Waals surface area contributed by atoms with E-state index in [4.69, 9.17) is 18.0 Å². The van der Waals surface area contributed by atoms with Gasteiger partial charge in [-0.15, -0.1) is 11.3 Å². The van der Waals surface area contributed by atoms with Crippen molar-refractivity contribution in [3.05, 3.63) is 17.0 Å². The van der Waals surface area contributed by atoms with Crippen LogP contribution in [0.3, 0.4) is 0 Å². The van der Waals surface area contributed by atoms with E-state index in [1.807, 2.05) is 0 Å². The molecule has 3 unspecified atom stereocenters. The van der Waals surface area contributed by atoms with E-state index in [1.54, 1.807) is 12.1 Å². The number of sulfonamides is 1. The highest BCUT2D eigenvalue weighted by molar-refractivity contribution is 7.91. The van der Waals surface area contributed by atoms with Gasteiger partial charge in [0.2, 0.25) is 10.0 Å². The normalized spacial score (nSPS) is 27.4. The second-order valence-corrected chi connectivity index (χ2v) is 9.07. The topological polar surface area (TPSA) is 72.2 Å². The number of thiocarbonyl (C=S) groups is 1. The molecule has 0 aromatic carbocycles. The molecule has 1 aliphatic rings. The third kappa shape index (κ3) is 3.58. The average Bonchev–Trinajstić information content (AvgIpc) is 2.83. The lowest BCUT2D eigenvalue weighted by Gasteiger charge is -2.32. The van der Waals surface area contributed by atoms with Crippen molar-refractivity contribution in [3.8, 4) is 0 Å². The predicted molar refractivity (Wildman–Crippen MR) is 86.5 cm³/mol. The van der Waals surface area contributed by atoms with Gasteiger partial charge in [0.05, 0.1) is 4.88 Å². The van der Waals surface area contributed by atoms with Crippen LogP contribution in [0.5, 0.6) is 0 Å². The molecule has 112 valence electrons. The average molecular weight is 333 g/mol. The summed E-state index contributed by atoms with van der Waals surface area (Å²) in [4.78, 5) is 0.863. The Kier molecular flexibility index (Phi) is 4.84. The second-order valence-electron chi connectivity index (χ2n) is 5.61. The molecule has 1 aromatic heterocycles. The Labute approximate surface area is 129 Å². The molecule has 7 heteroatoms. The molecule has 0 amide bonds. The molecule has 0 aliphatic heterocycles. The molecule has 0 saturated heterocycles. The lowest BCUT2D eigenvalue weighted by molar-refractivity contribution is 0.249. The summed E-state index contributed by atoms with van der Waals surface area (Å²) in [6.07, 6.45) is 3.03. The van der Waals surface area contributed by atoms with Crippen LogP contribution in [-0.4, -0.2) is 19.4 Å². The summed E-state index contributed by atoms with van der Waals surface area (Å²) >= 11 is 5.99. The van der Waals surface area contributed by atoms with E-state index in [1.165, 1.54) is 0 Å². The summed E-state index contributed by atoms with van der Waals surface area (Å²) in [6.45, 7) is 4.33. The molecule has 1 aromatic rings. The third-order valence-electron chi connectivity index (χ3n) is 3.83. The summed E-state index contributed by atoms with van der Waals surface area (Å²) in [7, 11) is -3.47. The van der Waals surface area contributed by atoms with Crippen molar-refractivity contribution >= 4 is 38.6 Å². The van der Waals surface area contributed by atoms with Gasteiger partial charge >= 0.3 is 0 Å². The number of hydrogen-bond donors (Lipinski definition) is 2. The van der Waals surface area contributed by atoms with E-state index in [0.29, 0.717) is 16.7 Å². The van der Waals surface area contributed by atoms with Crippen LogP contribution in [0.25, 0.3) is 0 Å². The van der Waals surface area contributed by atoms with Crippen molar-refractivity contribution in [1.82, 2.24) is 4.72 Å². The van der Waals surface area contributed by atoms with E-state index >= 15 is 0 Å². The fourth-order valence-corrected chi connectivity index (χ4v) is 5.44. The number of rotatable bonds is 4. The third-order valence-corrected chi connectivity index (χ3v) is 7.28. The lowest BCUT2D eigenvalue weighted by atomic mass is 9.80. The van der Waals surface area contributed by atoms with Gasteiger partial charge in [-0.3, -0.25) is 0 Å². The standard InChI is InChI=1S/C13H20N2O2S3/c1-8-3-4-10(9(2)7-8)15-20(16,17)12-6-5-11(19-12)13(14)18/h5-6,8-10,15H,3-4,7H2,1-2H3,(H2,14,18). The van der Waals surface area contributed by atoms with E-state index in [0.717, 1.165) is 30.6 Å². The van der Waals surface area contributed by atoms with Crippen LogP contribution in [0.2, 0.25) is 0 Å². The monoisotopic (exact) mass is 332 g/mol. The van der Waals surface area contributed by atoms with Gasteiger partial charge in [0.15, 0.2) is 0 Å². The van der Waals surface area contributed by atoms with Crippen LogP contribution in [-0.2, 0) is 10.0 Å². The van der Waals surface area contributed by atoms with Crippen molar-refractivity contribution in [2.75, 3.05) is 0 Å². The maximum absolute atomic E-state index is 12.4. The SMILES string of the molecule is CC1CCC(NS(=O)(=O)c2ccc(C(N)=S)s2)C(C)C1. The fourth-order valence-electron chi connectivity index (χ4n) is 2.69. The highest BCUT2D eigenvalue weighted by Gasteiger charge is 2.30. The van der Waals surface area contributed by atoms with Crippen LogP contribution in [0.15, 0.2) is 16.3 Å². The number of hydrogen-bond acceptors (Lipinski definition) is 4. The number of thiophene rings is 1. The van der Waals surface area contributed by atoms with Gasteiger partial charge in [-0.05, 0) is 43.2 Å². The highest BCUT2D eigenvalue weighted by atomic mass is 32.2. The van der Waals surface area contributed by atoms with E-state index < -0.39 is 10.0 Å². The minimum absolute atomic E-state index is 0.0200. The molecule has 3 N–H and O–H groups in total. The maximum Gasteiger partial charge on any atom is 0.250 e. The first kappa shape index (κ1) is 15.9. The molecule has 3 atom stereocenters. The minimum Gasteiger partial charge on any atom is -0.389 e. The Hall–Kier alpha value is -0.500. The molecule has 1 heterocycles. The Balaban J connectivity index is 2.12. The van der Waals surface area contributed by atoms with Gasteiger partial charge in [0.25, 0.3) is 0 Å². The lowest BCUT2D eigenvalue weighted by Crippen LogP contribution is -2.42. The molecule has 0 radical (unpaired) electrons. The van der Waals surface area contributed by atoms with E-state index in [9.17, 15) is 8.42 Å². The highest BCUT2D eigenvalue weighted by Crippen LogP contribution is 2.30. The van der Waals surface area contributed by atoms with Crippen molar-refractivity contribution in [3.63, 3.8) is 0 Å². The van der Waals surface area contributed by atoms with E-state index in [2.05, 4.69) is 18.6 Å². The Bertz CT molecular complexity index is 595. The van der Waals surface area contributed by atoms with Crippen molar-refractivity contribution in [2.24, 2.45) is 17.6 Å². The molecule has 1 saturated carbocycles. The molecule has 1 fully saturated rings.